The Hall–Kier alpha value is -0.790. The highest BCUT2D eigenvalue weighted by atomic mass is 15.1. The average molecular weight is 96.1 g/mol. The molecular formula is C5H8N2. The fraction of sp³-hybridized carbons (Fsp3) is 0.400. The third-order valence-electron chi connectivity index (χ3n) is 1.03. The Bertz CT molecular complexity index is 88.3. The van der Waals surface area contributed by atoms with Gasteiger partial charge < -0.3 is 4.90 Å². The summed E-state index contributed by atoms with van der Waals surface area (Å²) in [4.78, 5) is 1.92. The molecule has 0 amide bonds. The molecule has 0 bridgehead atoms. The van der Waals surface area contributed by atoms with Crippen LogP contribution in [0.2, 0.25) is 0 Å². The summed E-state index contributed by atoms with van der Waals surface area (Å²) in [5, 5.41) is 6.76. The monoisotopic (exact) mass is 96.1 g/mol. The molecule has 0 saturated heterocycles. The van der Waals surface area contributed by atoms with Crippen molar-refractivity contribution in [3.05, 3.63) is 12.2 Å². The van der Waals surface area contributed by atoms with Gasteiger partial charge in [0.2, 0.25) is 0 Å². The molecule has 0 radical (unpaired) electrons. The molecule has 0 saturated carbocycles. The van der Waals surface area contributed by atoms with Crippen LogP contribution in [0.4, 0.5) is 0 Å². The van der Waals surface area contributed by atoms with Gasteiger partial charge in [0.05, 0.1) is 6.34 Å². The van der Waals surface area contributed by atoms with Crippen LogP contribution < -0.4 is 0 Å². The van der Waals surface area contributed by atoms with E-state index in [2.05, 4.69) is 12.2 Å². The molecule has 1 N–H and O–H groups in total. The van der Waals surface area contributed by atoms with Crippen molar-refractivity contribution in [2.24, 2.45) is 0 Å². The van der Waals surface area contributed by atoms with Crippen LogP contribution in [0.25, 0.3) is 0 Å². The van der Waals surface area contributed by atoms with Crippen molar-refractivity contribution < 1.29 is 0 Å². The van der Waals surface area contributed by atoms with E-state index in [1.54, 1.807) is 0 Å². The molecule has 2 heteroatoms. The van der Waals surface area contributed by atoms with Crippen molar-refractivity contribution in [1.29, 1.82) is 5.41 Å². The van der Waals surface area contributed by atoms with Gasteiger partial charge in [0.25, 0.3) is 0 Å². The van der Waals surface area contributed by atoms with E-state index in [1.165, 1.54) is 6.34 Å². The van der Waals surface area contributed by atoms with E-state index in [4.69, 9.17) is 5.41 Å². The molecule has 0 unspecified atom stereocenters. The predicted molar refractivity (Wildman–Crippen MR) is 29.5 cm³/mol. The normalized spacial score (nSPS) is 18.0. The van der Waals surface area contributed by atoms with E-state index < -0.39 is 0 Å². The Morgan fingerprint density at radius 2 is 2.00 bits per heavy atom. The first-order chi connectivity index (χ1) is 3.43. The molecule has 1 aliphatic rings. The Morgan fingerprint density at radius 3 is 2.29 bits per heavy atom. The molecule has 7 heavy (non-hydrogen) atoms. The highest BCUT2D eigenvalue weighted by Gasteiger charge is 1.96. The quantitative estimate of drug-likeness (QED) is 0.286. The molecule has 1 heterocycles. The fourth-order valence-electron chi connectivity index (χ4n) is 0.600. The van der Waals surface area contributed by atoms with Crippen LogP contribution in [0.15, 0.2) is 12.2 Å². The molecule has 2 nitrogen and oxygen atoms in total. The van der Waals surface area contributed by atoms with Crippen LogP contribution in [0, 0.1) is 5.41 Å². The highest BCUT2D eigenvalue weighted by molar-refractivity contribution is 5.52. The molecule has 0 aromatic rings. The molecule has 0 aromatic carbocycles. The Labute approximate surface area is 42.9 Å². The van der Waals surface area contributed by atoms with E-state index in [0.717, 1.165) is 13.1 Å². The van der Waals surface area contributed by atoms with Gasteiger partial charge in [-0.3, -0.25) is 5.41 Å². The first kappa shape index (κ1) is 4.37. The summed E-state index contributed by atoms with van der Waals surface area (Å²) in [6.07, 6.45) is 5.48. The van der Waals surface area contributed by atoms with E-state index in [0.29, 0.717) is 0 Å². The molecule has 0 aromatic heterocycles. The summed E-state index contributed by atoms with van der Waals surface area (Å²) in [6, 6.07) is 0. The van der Waals surface area contributed by atoms with Gasteiger partial charge in [-0.25, -0.2) is 0 Å². The van der Waals surface area contributed by atoms with E-state index >= 15 is 0 Å². The second-order valence-corrected chi connectivity index (χ2v) is 1.55. The third kappa shape index (κ3) is 0.796. The zero-order valence-electron chi connectivity index (χ0n) is 4.09. The minimum atomic E-state index is 0.920. The lowest BCUT2D eigenvalue weighted by Crippen LogP contribution is -2.16. The lowest BCUT2D eigenvalue weighted by Gasteiger charge is -2.06. The maximum Gasteiger partial charge on any atom is 0.0822 e. The van der Waals surface area contributed by atoms with E-state index in [-0.39, 0.29) is 0 Å². The maximum absolute atomic E-state index is 6.76. The average Bonchev–Trinajstić information content (AvgIpc) is 2.14. The third-order valence-corrected chi connectivity index (χ3v) is 1.03. The minimum absolute atomic E-state index is 0.920. The molecule has 0 fully saturated rings. The van der Waals surface area contributed by atoms with Gasteiger partial charge >= 0.3 is 0 Å². The molecular weight excluding hydrogens is 88.1 g/mol. The van der Waals surface area contributed by atoms with Gasteiger partial charge in [0.15, 0.2) is 0 Å². The van der Waals surface area contributed by atoms with Crippen molar-refractivity contribution in [2.75, 3.05) is 13.1 Å². The van der Waals surface area contributed by atoms with Crippen molar-refractivity contribution >= 4 is 6.34 Å². The minimum Gasteiger partial charge on any atom is -0.356 e. The largest absolute Gasteiger partial charge is 0.356 e. The Morgan fingerprint density at radius 1 is 1.43 bits per heavy atom. The first-order valence-electron chi connectivity index (χ1n) is 2.33. The van der Waals surface area contributed by atoms with Crippen molar-refractivity contribution in [3.63, 3.8) is 0 Å². The summed E-state index contributed by atoms with van der Waals surface area (Å²) in [5.74, 6) is 0. The van der Waals surface area contributed by atoms with Gasteiger partial charge in [-0.1, -0.05) is 12.2 Å². The van der Waals surface area contributed by atoms with Crippen LogP contribution in [0.1, 0.15) is 0 Å². The Balaban J connectivity index is 2.35. The van der Waals surface area contributed by atoms with Crippen LogP contribution >= 0.6 is 0 Å². The van der Waals surface area contributed by atoms with Gasteiger partial charge in [0.1, 0.15) is 0 Å². The number of rotatable bonds is 1. The van der Waals surface area contributed by atoms with Crippen molar-refractivity contribution in [2.45, 2.75) is 0 Å². The van der Waals surface area contributed by atoms with Crippen LogP contribution in [0.3, 0.4) is 0 Å². The second-order valence-electron chi connectivity index (χ2n) is 1.55. The van der Waals surface area contributed by atoms with Crippen LogP contribution in [0.5, 0.6) is 0 Å². The molecule has 1 rings (SSSR count). The standard InChI is InChI=1S/C5H8N2/c6-5-7-3-1-2-4-7/h1-2,5-6H,3-4H2. The molecule has 1 aliphatic heterocycles. The van der Waals surface area contributed by atoms with E-state index in [1.807, 2.05) is 4.90 Å². The van der Waals surface area contributed by atoms with Gasteiger partial charge in [-0.15, -0.1) is 0 Å². The molecule has 0 atom stereocenters. The number of hydrogen-bond acceptors (Lipinski definition) is 1. The van der Waals surface area contributed by atoms with Crippen molar-refractivity contribution in [1.82, 2.24) is 4.90 Å². The van der Waals surface area contributed by atoms with Gasteiger partial charge in [-0.2, -0.15) is 0 Å². The van der Waals surface area contributed by atoms with E-state index in [9.17, 15) is 0 Å². The molecule has 0 spiro atoms. The summed E-state index contributed by atoms with van der Waals surface area (Å²) < 4.78 is 0. The summed E-state index contributed by atoms with van der Waals surface area (Å²) in [6.45, 7) is 1.84. The SMILES string of the molecule is N=CN1CC=CC1. The molecule has 38 valence electrons. The second kappa shape index (κ2) is 1.78. The van der Waals surface area contributed by atoms with Crippen LogP contribution in [-0.4, -0.2) is 24.3 Å². The highest BCUT2D eigenvalue weighted by Crippen LogP contribution is 1.92. The van der Waals surface area contributed by atoms with Gasteiger partial charge in [0, 0.05) is 13.1 Å². The zero-order chi connectivity index (χ0) is 5.11. The fourth-order valence-corrected chi connectivity index (χ4v) is 0.600. The maximum atomic E-state index is 6.76. The summed E-state index contributed by atoms with van der Waals surface area (Å²) in [5.41, 5.74) is 0. The Kier molecular flexibility index (Phi) is 1.11. The number of hydrogen-bond donors (Lipinski definition) is 1. The first-order valence-corrected chi connectivity index (χ1v) is 2.33. The zero-order valence-corrected chi connectivity index (χ0v) is 4.09. The topological polar surface area (TPSA) is 27.1 Å². The summed E-state index contributed by atoms with van der Waals surface area (Å²) in [7, 11) is 0. The lowest BCUT2D eigenvalue weighted by molar-refractivity contribution is 0.554. The predicted octanol–water partition coefficient (Wildman–Crippen LogP) is 0.465. The number of nitrogens with zero attached hydrogens (tertiary/aromatic N) is 1. The smallest absolute Gasteiger partial charge is 0.0822 e. The molecule has 0 aliphatic carbocycles. The lowest BCUT2D eigenvalue weighted by atomic mass is 10.6. The summed E-state index contributed by atoms with van der Waals surface area (Å²) >= 11 is 0. The van der Waals surface area contributed by atoms with Crippen LogP contribution in [-0.2, 0) is 0 Å². The number of nitrogens with one attached hydrogen (secondary N) is 1. The van der Waals surface area contributed by atoms with Gasteiger partial charge in [-0.05, 0) is 0 Å². The van der Waals surface area contributed by atoms with Crippen molar-refractivity contribution in [3.8, 4) is 0 Å².